The van der Waals surface area contributed by atoms with Crippen molar-refractivity contribution in [2.24, 2.45) is 0 Å². The lowest BCUT2D eigenvalue weighted by Crippen LogP contribution is -3.13. The minimum atomic E-state index is 0.156. The first-order valence-electron chi connectivity index (χ1n) is 8.08. The SMILES string of the molecule is COc1ccc(OC)c(C[NH+]2CCN(C(=O)c3cccs3)CC2)c1. The Morgan fingerprint density at radius 2 is 2.00 bits per heavy atom. The Hall–Kier alpha value is -2.05. The number of quaternary nitrogens is 1. The number of thiophene rings is 1. The summed E-state index contributed by atoms with van der Waals surface area (Å²) in [6, 6.07) is 9.72. The monoisotopic (exact) mass is 347 g/mol. The third-order valence-electron chi connectivity index (χ3n) is 4.42. The third-order valence-corrected chi connectivity index (χ3v) is 5.28. The summed E-state index contributed by atoms with van der Waals surface area (Å²) >= 11 is 1.51. The average Bonchev–Trinajstić information content (AvgIpc) is 3.16. The van der Waals surface area contributed by atoms with Crippen molar-refractivity contribution in [3.8, 4) is 11.5 Å². The number of piperazine rings is 1. The maximum atomic E-state index is 12.4. The van der Waals surface area contributed by atoms with Gasteiger partial charge in [-0.15, -0.1) is 11.3 Å². The number of methoxy groups -OCH3 is 2. The molecule has 1 saturated heterocycles. The number of carbonyl (C=O) groups excluding carboxylic acids is 1. The van der Waals surface area contributed by atoms with Gasteiger partial charge in [0, 0.05) is 0 Å². The molecule has 0 atom stereocenters. The Morgan fingerprint density at radius 1 is 1.21 bits per heavy atom. The minimum absolute atomic E-state index is 0.156. The molecule has 1 amide bonds. The van der Waals surface area contributed by atoms with Crippen molar-refractivity contribution in [2.75, 3.05) is 40.4 Å². The smallest absolute Gasteiger partial charge is 0.264 e. The number of hydrogen-bond donors (Lipinski definition) is 1. The van der Waals surface area contributed by atoms with Gasteiger partial charge in [0.05, 0.1) is 50.8 Å². The Bertz CT molecular complexity index is 680. The van der Waals surface area contributed by atoms with E-state index in [0.717, 1.165) is 54.7 Å². The van der Waals surface area contributed by atoms with Crippen LogP contribution in [-0.4, -0.2) is 51.2 Å². The van der Waals surface area contributed by atoms with E-state index in [0.29, 0.717) is 0 Å². The van der Waals surface area contributed by atoms with Crippen LogP contribution >= 0.6 is 11.3 Å². The van der Waals surface area contributed by atoms with E-state index in [4.69, 9.17) is 9.47 Å². The number of nitrogens with zero attached hydrogens (tertiary/aromatic N) is 1. The highest BCUT2D eigenvalue weighted by atomic mass is 32.1. The molecule has 1 N–H and O–H groups in total. The Kier molecular flexibility index (Phi) is 5.37. The van der Waals surface area contributed by atoms with Crippen LogP contribution in [0.2, 0.25) is 0 Å². The zero-order valence-electron chi connectivity index (χ0n) is 14.1. The molecular weight excluding hydrogens is 324 g/mol. The van der Waals surface area contributed by atoms with Gasteiger partial charge in [-0.25, -0.2) is 0 Å². The van der Waals surface area contributed by atoms with Gasteiger partial charge in [-0.1, -0.05) is 6.07 Å². The summed E-state index contributed by atoms with van der Waals surface area (Å²) in [4.78, 5) is 16.6. The standard InChI is InChI=1S/C18H22N2O3S/c1-22-15-5-6-16(23-2)14(12-15)13-19-7-9-20(10-8-19)18(21)17-4-3-11-24-17/h3-6,11-12H,7-10,13H2,1-2H3/p+1. The third kappa shape index (κ3) is 3.71. The molecule has 128 valence electrons. The number of benzene rings is 1. The maximum absolute atomic E-state index is 12.4. The van der Waals surface area contributed by atoms with Crippen LogP contribution in [0.3, 0.4) is 0 Å². The lowest BCUT2D eigenvalue weighted by molar-refractivity contribution is -0.917. The first kappa shape index (κ1) is 16.8. The molecule has 0 aliphatic carbocycles. The van der Waals surface area contributed by atoms with Crippen LogP contribution in [0.15, 0.2) is 35.7 Å². The van der Waals surface area contributed by atoms with Crippen LogP contribution in [0.5, 0.6) is 11.5 Å². The molecule has 1 aliphatic rings. The van der Waals surface area contributed by atoms with E-state index >= 15 is 0 Å². The van der Waals surface area contributed by atoms with Gasteiger partial charge < -0.3 is 19.3 Å². The molecule has 1 fully saturated rings. The van der Waals surface area contributed by atoms with Crippen molar-refractivity contribution in [2.45, 2.75) is 6.54 Å². The lowest BCUT2D eigenvalue weighted by Gasteiger charge is -2.32. The quantitative estimate of drug-likeness (QED) is 0.887. The van der Waals surface area contributed by atoms with Gasteiger partial charge in [0.2, 0.25) is 0 Å². The molecule has 6 heteroatoms. The number of rotatable bonds is 5. The van der Waals surface area contributed by atoms with E-state index in [-0.39, 0.29) is 5.91 Å². The highest BCUT2D eigenvalue weighted by Gasteiger charge is 2.25. The van der Waals surface area contributed by atoms with E-state index in [1.165, 1.54) is 16.2 Å². The number of hydrogen-bond acceptors (Lipinski definition) is 4. The number of amides is 1. The first-order chi connectivity index (χ1) is 11.7. The number of ether oxygens (including phenoxy) is 2. The molecule has 2 aromatic rings. The fourth-order valence-corrected chi connectivity index (χ4v) is 3.74. The summed E-state index contributed by atoms with van der Waals surface area (Å²) in [5, 5.41) is 1.95. The second kappa shape index (κ2) is 7.68. The topological polar surface area (TPSA) is 43.2 Å². The molecule has 5 nitrogen and oxygen atoms in total. The maximum Gasteiger partial charge on any atom is 0.264 e. The normalized spacial score (nSPS) is 15.3. The predicted octanol–water partition coefficient (Wildman–Crippen LogP) is 1.31. The molecule has 0 radical (unpaired) electrons. The molecule has 1 aromatic carbocycles. The van der Waals surface area contributed by atoms with Gasteiger partial charge in [-0.3, -0.25) is 4.79 Å². The van der Waals surface area contributed by atoms with Crippen LogP contribution < -0.4 is 14.4 Å². The van der Waals surface area contributed by atoms with E-state index in [1.54, 1.807) is 14.2 Å². The average molecular weight is 347 g/mol. The van der Waals surface area contributed by atoms with Crippen LogP contribution in [-0.2, 0) is 6.54 Å². The summed E-state index contributed by atoms with van der Waals surface area (Å²) < 4.78 is 10.8. The molecule has 0 spiro atoms. The Labute approximate surface area is 146 Å². The van der Waals surface area contributed by atoms with Gasteiger partial charge in [-0.2, -0.15) is 0 Å². The fourth-order valence-electron chi connectivity index (χ4n) is 3.05. The van der Waals surface area contributed by atoms with Gasteiger partial charge in [-0.05, 0) is 29.6 Å². The van der Waals surface area contributed by atoms with Gasteiger partial charge in [0.1, 0.15) is 18.0 Å². The van der Waals surface area contributed by atoms with Gasteiger partial charge in [0.25, 0.3) is 5.91 Å². The van der Waals surface area contributed by atoms with Crippen LogP contribution in [0, 0.1) is 0 Å². The zero-order chi connectivity index (χ0) is 16.9. The van der Waals surface area contributed by atoms with Crippen molar-refractivity contribution in [3.05, 3.63) is 46.2 Å². The molecule has 0 saturated carbocycles. The van der Waals surface area contributed by atoms with Crippen molar-refractivity contribution in [3.63, 3.8) is 0 Å². The summed E-state index contributed by atoms with van der Waals surface area (Å²) in [5.74, 6) is 1.89. The second-order valence-electron chi connectivity index (χ2n) is 5.87. The van der Waals surface area contributed by atoms with Crippen molar-refractivity contribution >= 4 is 17.2 Å². The Balaban J connectivity index is 1.60. The van der Waals surface area contributed by atoms with Crippen molar-refractivity contribution < 1.29 is 19.2 Å². The summed E-state index contributed by atoms with van der Waals surface area (Å²) in [6.07, 6.45) is 0. The van der Waals surface area contributed by atoms with E-state index in [9.17, 15) is 4.79 Å². The highest BCUT2D eigenvalue weighted by Crippen LogP contribution is 2.23. The van der Waals surface area contributed by atoms with Gasteiger partial charge >= 0.3 is 0 Å². The molecule has 1 aromatic heterocycles. The summed E-state index contributed by atoms with van der Waals surface area (Å²) in [5.41, 5.74) is 1.14. The number of nitrogens with one attached hydrogen (secondary N) is 1. The molecule has 1 aliphatic heterocycles. The van der Waals surface area contributed by atoms with E-state index in [2.05, 4.69) is 0 Å². The molecular formula is C18H23N2O3S+. The largest absolute Gasteiger partial charge is 0.497 e. The fraction of sp³-hybridized carbons (Fsp3) is 0.389. The Morgan fingerprint density at radius 3 is 2.62 bits per heavy atom. The van der Waals surface area contributed by atoms with Crippen LogP contribution in [0.25, 0.3) is 0 Å². The van der Waals surface area contributed by atoms with E-state index < -0.39 is 0 Å². The molecule has 3 rings (SSSR count). The summed E-state index contributed by atoms with van der Waals surface area (Å²) in [6.45, 7) is 4.34. The highest BCUT2D eigenvalue weighted by molar-refractivity contribution is 7.12. The van der Waals surface area contributed by atoms with Crippen molar-refractivity contribution in [1.29, 1.82) is 0 Å². The molecule has 2 heterocycles. The lowest BCUT2D eigenvalue weighted by atomic mass is 10.1. The second-order valence-corrected chi connectivity index (χ2v) is 6.82. The van der Waals surface area contributed by atoms with Crippen LogP contribution in [0.4, 0.5) is 0 Å². The minimum Gasteiger partial charge on any atom is -0.497 e. The van der Waals surface area contributed by atoms with Crippen molar-refractivity contribution in [1.82, 2.24) is 4.90 Å². The molecule has 0 unspecified atom stereocenters. The summed E-state index contributed by atoms with van der Waals surface area (Å²) in [7, 11) is 3.37. The molecule has 0 bridgehead atoms. The predicted molar refractivity (Wildman–Crippen MR) is 94.2 cm³/mol. The molecule has 24 heavy (non-hydrogen) atoms. The first-order valence-corrected chi connectivity index (χ1v) is 8.96. The van der Waals surface area contributed by atoms with Crippen LogP contribution in [0.1, 0.15) is 15.2 Å². The van der Waals surface area contributed by atoms with E-state index in [1.807, 2.05) is 40.6 Å². The zero-order valence-corrected chi connectivity index (χ0v) is 14.9. The van der Waals surface area contributed by atoms with Gasteiger partial charge in [0.15, 0.2) is 0 Å². The number of carbonyl (C=O) groups is 1.